The summed E-state index contributed by atoms with van der Waals surface area (Å²) in [6.07, 6.45) is 3.83. The molecule has 2 heteroatoms. The number of hydrogen-bond acceptors (Lipinski definition) is 2. The molecule has 82 valence electrons. The predicted molar refractivity (Wildman–Crippen MR) is 67.6 cm³/mol. The second kappa shape index (κ2) is 5.57. The van der Waals surface area contributed by atoms with Crippen LogP contribution in [0.25, 0.3) is 0 Å². The van der Waals surface area contributed by atoms with Crippen molar-refractivity contribution in [3.05, 3.63) is 29.8 Å². The molecule has 2 rings (SSSR count). The topological polar surface area (TPSA) is 12.0 Å². The fourth-order valence-electron chi connectivity index (χ4n) is 1.92. The van der Waals surface area contributed by atoms with Gasteiger partial charge in [-0.15, -0.1) is 11.8 Å². The Morgan fingerprint density at radius 2 is 2.13 bits per heavy atom. The molecule has 1 saturated heterocycles. The van der Waals surface area contributed by atoms with E-state index in [0.29, 0.717) is 0 Å². The largest absolute Gasteiger partial charge is 0.313 e. The number of rotatable bonds is 4. The molecule has 1 aromatic carbocycles. The summed E-state index contributed by atoms with van der Waals surface area (Å²) in [5, 5.41) is 3.53. The molecule has 0 spiro atoms. The predicted octanol–water partition coefficient (Wildman–Crippen LogP) is 3.09. The summed E-state index contributed by atoms with van der Waals surface area (Å²) in [5.74, 6) is 1.21. The van der Waals surface area contributed by atoms with Crippen LogP contribution in [0.5, 0.6) is 0 Å². The minimum absolute atomic E-state index is 0.737. The zero-order valence-corrected chi connectivity index (χ0v) is 10.1. The van der Waals surface area contributed by atoms with E-state index in [-0.39, 0.29) is 0 Å². The van der Waals surface area contributed by atoms with E-state index in [1.807, 2.05) is 11.8 Å². The summed E-state index contributed by atoms with van der Waals surface area (Å²) >= 11 is 1.97. The van der Waals surface area contributed by atoms with E-state index in [1.165, 1.54) is 35.6 Å². The monoisotopic (exact) mass is 221 g/mol. The van der Waals surface area contributed by atoms with Gasteiger partial charge in [0, 0.05) is 16.7 Å². The number of thioether (sulfide) groups is 1. The van der Waals surface area contributed by atoms with Gasteiger partial charge in [0.05, 0.1) is 0 Å². The SMILES string of the molecule is CCc1ccc(SCC2CCCN2)cc1. The Labute approximate surface area is 96.7 Å². The molecule has 0 radical (unpaired) electrons. The van der Waals surface area contributed by atoms with Crippen molar-refractivity contribution >= 4 is 11.8 Å². The van der Waals surface area contributed by atoms with E-state index in [9.17, 15) is 0 Å². The number of benzene rings is 1. The van der Waals surface area contributed by atoms with E-state index in [4.69, 9.17) is 0 Å². The van der Waals surface area contributed by atoms with Gasteiger partial charge in [-0.25, -0.2) is 0 Å². The fourth-order valence-corrected chi connectivity index (χ4v) is 2.92. The molecular weight excluding hydrogens is 202 g/mol. The summed E-state index contributed by atoms with van der Waals surface area (Å²) in [6, 6.07) is 9.71. The molecule has 1 unspecified atom stereocenters. The number of hydrogen-bond donors (Lipinski definition) is 1. The van der Waals surface area contributed by atoms with Crippen molar-refractivity contribution in [2.45, 2.75) is 37.1 Å². The first-order chi connectivity index (χ1) is 7.38. The maximum absolute atomic E-state index is 3.53. The molecule has 1 fully saturated rings. The van der Waals surface area contributed by atoms with Gasteiger partial charge in [-0.1, -0.05) is 19.1 Å². The summed E-state index contributed by atoms with van der Waals surface area (Å²) in [4.78, 5) is 1.40. The normalized spacial score (nSPS) is 20.7. The zero-order valence-electron chi connectivity index (χ0n) is 9.33. The Morgan fingerprint density at radius 3 is 2.73 bits per heavy atom. The fraction of sp³-hybridized carbons (Fsp3) is 0.538. The lowest BCUT2D eigenvalue weighted by atomic mass is 10.2. The van der Waals surface area contributed by atoms with Gasteiger partial charge in [0.15, 0.2) is 0 Å². The van der Waals surface area contributed by atoms with Crippen LogP contribution in [0.2, 0.25) is 0 Å². The molecule has 1 aliphatic rings. The summed E-state index contributed by atoms with van der Waals surface area (Å²) in [7, 11) is 0. The highest BCUT2D eigenvalue weighted by Gasteiger charge is 2.13. The van der Waals surface area contributed by atoms with E-state index in [0.717, 1.165) is 12.5 Å². The van der Waals surface area contributed by atoms with Gasteiger partial charge in [0.25, 0.3) is 0 Å². The third kappa shape index (κ3) is 3.25. The van der Waals surface area contributed by atoms with Gasteiger partial charge in [-0.3, -0.25) is 0 Å². The molecule has 1 nitrogen and oxygen atoms in total. The van der Waals surface area contributed by atoms with E-state index >= 15 is 0 Å². The summed E-state index contributed by atoms with van der Waals surface area (Å²) in [5.41, 5.74) is 1.43. The smallest absolute Gasteiger partial charge is 0.0162 e. The first kappa shape index (κ1) is 11.0. The van der Waals surface area contributed by atoms with Crippen LogP contribution < -0.4 is 5.32 Å². The van der Waals surface area contributed by atoms with Gasteiger partial charge in [-0.2, -0.15) is 0 Å². The van der Waals surface area contributed by atoms with Crippen LogP contribution in [-0.4, -0.2) is 18.3 Å². The molecule has 0 aliphatic carbocycles. The quantitative estimate of drug-likeness (QED) is 0.784. The van der Waals surface area contributed by atoms with Crippen LogP contribution in [0, 0.1) is 0 Å². The number of nitrogens with one attached hydrogen (secondary N) is 1. The molecule has 1 aromatic rings. The molecule has 0 bridgehead atoms. The lowest BCUT2D eigenvalue weighted by Gasteiger charge is -2.09. The van der Waals surface area contributed by atoms with Crippen molar-refractivity contribution < 1.29 is 0 Å². The first-order valence-electron chi connectivity index (χ1n) is 5.83. The molecule has 0 aromatic heterocycles. The Bertz CT molecular complexity index is 288. The van der Waals surface area contributed by atoms with Crippen LogP contribution in [0.1, 0.15) is 25.3 Å². The Balaban J connectivity index is 1.82. The van der Waals surface area contributed by atoms with Crippen molar-refractivity contribution in [3.8, 4) is 0 Å². The second-order valence-electron chi connectivity index (χ2n) is 4.10. The molecular formula is C13H19NS. The average molecular weight is 221 g/mol. The van der Waals surface area contributed by atoms with Crippen molar-refractivity contribution in [2.75, 3.05) is 12.3 Å². The van der Waals surface area contributed by atoms with E-state index in [1.54, 1.807) is 0 Å². The molecule has 0 amide bonds. The maximum Gasteiger partial charge on any atom is 0.0162 e. The highest BCUT2D eigenvalue weighted by Crippen LogP contribution is 2.21. The second-order valence-corrected chi connectivity index (χ2v) is 5.20. The van der Waals surface area contributed by atoms with E-state index < -0.39 is 0 Å². The number of aryl methyl sites for hydroxylation is 1. The molecule has 15 heavy (non-hydrogen) atoms. The Hall–Kier alpha value is -0.470. The van der Waals surface area contributed by atoms with Crippen LogP contribution in [0.4, 0.5) is 0 Å². The Kier molecular flexibility index (Phi) is 4.09. The van der Waals surface area contributed by atoms with Gasteiger partial charge in [0.1, 0.15) is 0 Å². The van der Waals surface area contributed by atoms with Gasteiger partial charge in [-0.05, 0) is 43.5 Å². The van der Waals surface area contributed by atoms with Crippen LogP contribution >= 0.6 is 11.8 Å². The van der Waals surface area contributed by atoms with Crippen molar-refractivity contribution in [3.63, 3.8) is 0 Å². The minimum Gasteiger partial charge on any atom is -0.313 e. The highest BCUT2D eigenvalue weighted by molar-refractivity contribution is 7.99. The summed E-state index contributed by atoms with van der Waals surface area (Å²) in [6.45, 7) is 3.41. The molecule has 1 N–H and O–H groups in total. The third-order valence-electron chi connectivity index (χ3n) is 2.95. The molecule has 0 saturated carbocycles. The molecule has 1 aliphatic heterocycles. The average Bonchev–Trinajstić information content (AvgIpc) is 2.80. The van der Waals surface area contributed by atoms with Crippen molar-refractivity contribution in [1.29, 1.82) is 0 Å². The zero-order chi connectivity index (χ0) is 10.5. The Morgan fingerprint density at radius 1 is 1.33 bits per heavy atom. The van der Waals surface area contributed by atoms with Gasteiger partial charge in [0.2, 0.25) is 0 Å². The maximum atomic E-state index is 3.53. The minimum atomic E-state index is 0.737. The van der Waals surface area contributed by atoms with Crippen LogP contribution in [-0.2, 0) is 6.42 Å². The first-order valence-corrected chi connectivity index (χ1v) is 6.82. The van der Waals surface area contributed by atoms with Crippen molar-refractivity contribution in [2.24, 2.45) is 0 Å². The molecule has 1 atom stereocenters. The van der Waals surface area contributed by atoms with Crippen molar-refractivity contribution in [1.82, 2.24) is 5.32 Å². The lowest BCUT2D eigenvalue weighted by molar-refractivity contribution is 0.674. The van der Waals surface area contributed by atoms with Gasteiger partial charge < -0.3 is 5.32 Å². The summed E-state index contributed by atoms with van der Waals surface area (Å²) < 4.78 is 0. The van der Waals surface area contributed by atoms with Crippen LogP contribution in [0.15, 0.2) is 29.2 Å². The lowest BCUT2D eigenvalue weighted by Crippen LogP contribution is -2.23. The van der Waals surface area contributed by atoms with Crippen LogP contribution in [0.3, 0.4) is 0 Å². The molecule has 1 heterocycles. The van der Waals surface area contributed by atoms with E-state index in [2.05, 4.69) is 36.5 Å². The highest BCUT2D eigenvalue weighted by atomic mass is 32.2. The standard InChI is InChI=1S/C13H19NS/c1-2-11-5-7-13(8-6-11)15-10-12-4-3-9-14-12/h5-8,12,14H,2-4,9-10H2,1H3. The van der Waals surface area contributed by atoms with Gasteiger partial charge >= 0.3 is 0 Å². The third-order valence-corrected chi connectivity index (χ3v) is 4.12.